The topological polar surface area (TPSA) is 54.0 Å². The van der Waals surface area contributed by atoms with Gasteiger partial charge in [-0.3, -0.25) is 0 Å². The maximum absolute atomic E-state index is 12.4. The molecule has 0 saturated heterocycles. The van der Waals surface area contributed by atoms with Crippen LogP contribution in [0.3, 0.4) is 0 Å². The zero-order valence-electron chi connectivity index (χ0n) is 21.0. The van der Waals surface area contributed by atoms with E-state index in [-0.39, 0.29) is 11.4 Å². The third kappa shape index (κ3) is 5.03. The molecule has 0 N–H and O–H groups in total. The Morgan fingerprint density at radius 2 is 1.66 bits per heavy atom. The Morgan fingerprint density at radius 1 is 1.00 bits per heavy atom. The summed E-state index contributed by atoms with van der Waals surface area (Å²) in [5, 5.41) is 0. The molecule has 5 nitrogen and oxygen atoms in total. The van der Waals surface area contributed by atoms with Crippen LogP contribution in [-0.4, -0.2) is 26.2 Å². The Kier molecular flexibility index (Phi) is 6.99. The Labute approximate surface area is 208 Å². The van der Waals surface area contributed by atoms with Gasteiger partial charge in [0.15, 0.2) is 0 Å². The Hall–Kier alpha value is -2.63. The average Bonchev–Trinajstić information content (AvgIpc) is 2.86. The number of rotatable bonds is 9. The lowest BCUT2D eigenvalue weighted by Gasteiger charge is -2.57. The fourth-order valence-electron chi connectivity index (χ4n) is 6.99. The lowest BCUT2D eigenvalue weighted by molar-refractivity contribution is -0.231. The molecule has 4 aliphatic carbocycles. The molecule has 1 atom stereocenters. The number of hydrogen-bond donors (Lipinski definition) is 0. The van der Waals surface area contributed by atoms with Gasteiger partial charge >= 0.3 is 12.4 Å². The van der Waals surface area contributed by atoms with Gasteiger partial charge in [-0.2, -0.15) is 0 Å². The van der Waals surface area contributed by atoms with Crippen LogP contribution in [0.15, 0.2) is 54.8 Å². The van der Waals surface area contributed by atoms with E-state index >= 15 is 0 Å². The lowest BCUT2D eigenvalue weighted by atomic mass is 9.48. The smallest absolute Gasteiger partial charge is 0.342 e. The highest BCUT2D eigenvalue weighted by molar-refractivity contribution is 5.90. The maximum atomic E-state index is 12.4. The summed E-state index contributed by atoms with van der Waals surface area (Å²) in [7, 11) is 1.60. The van der Waals surface area contributed by atoms with Crippen molar-refractivity contribution in [2.24, 2.45) is 17.8 Å². The quantitative estimate of drug-likeness (QED) is 0.228. The zero-order valence-corrected chi connectivity index (χ0v) is 21.0. The largest absolute Gasteiger partial charge is 0.441 e. The summed E-state index contributed by atoms with van der Waals surface area (Å²) in [5.74, 6) is 2.93. The summed E-state index contributed by atoms with van der Waals surface area (Å²) in [6, 6.07) is 15.4. The molecule has 0 radical (unpaired) electrons. The first-order valence-corrected chi connectivity index (χ1v) is 12.9. The molecule has 0 spiro atoms. The molecule has 4 aliphatic rings. The number of carbonyl (C=O) groups is 1. The highest BCUT2D eigenvalue weighted by atomic mass is 16.8. The van der Waals surface area contributed by atoms with Crippen LogP contribution in [-0.2, 0) is 19.6 Å². The SMILES string of the molecule is CCOC(OC)Oc1cc(C(C)=COC(=O)c2ccccc2)ccc1C12CC3CC(CC(C3)C1)C2. The number of carbonyl (C=O) groups excluding carboxylic acids is 1. The second-order valence-electron chi connectivity index (χ2n) is 10.6. The molecule has 0 aromatic heterocycles. The minimum atomic E-state index is -0.761. The lowest BCUT2D eigenvalue weighted by Crippen LogP contribution is -2.48. The normalized spacial score (nSPS) is 28.1. The van der Waals surface area contributed by atoms with Crippen molar-refractivity contribution in [2.75, 3.05) is 13.7 Å². The van der Waals surface area contributed by atoms with Gasteiger partial charge in [0.1, 0.15) is 5.75 Å². The van der Waals surface area contributed by atoms with Crippen LogP contribution in [0.25, 0.3) is 5.57 Å². The number of esters is 1. The molecule has 2 aromatic carbocycles. The van der Waals surface area contributed by atoms with E-state index in [4.69, 9.17) is 18.9 Å². The number of benzene rings is 2. The minimum absolute atomic E-state index is 0.171. The van der Waals surface area contributed by atoms with Crippen molar-refractivity contribution in [3.8, 4) is 5.75 Å². The van der Waals surface area contributed by atoms with Gasteiger partial charge in [0.05, 0.1) is 18.4 Å². The summed E-state index contributed by atoms with van der Waals surface area (Å²) in [6.07, 6.45) is 9.42. The molecule has 35 heavy (non-hydrogen) atoms. The van der Waals surface area contributed by atoms with E-state index in [1.165, 1.54) is 50.4 Å². The van der Waals surface area contributed by atoms with Crippen LogP contribution in [0.1, 0.15) is 73.9 Å². The van der Waals surface area contributed by atoms with Crippen LogP contribution < -0.4 is 4.74 Å². The molecule has 6 rings (SSSR count). The molecule has 0 amide bonds. The summed E-state index contributed by atoms with van der Waals surface area (Å²) < 4.78 is 22.9. The minimum Gasteiger partial charge on any atom is -0.441 e. The third-order valence-electron chi connectivity index (χ3n) is 8.12. The molecular weight excluding hydrogens is 440 g/mol. The molecule has 4 bridgehead atoms. The van der Waals surface area contributed by atoms with Crippen LogP contribution in [0.2, 0.25) is 0 Å². The van der Waals surface area contributed by atoms with E-state index in [9.17, 15) is 4.79 Å². The number of hydrogen-bond acceptors (Lipinski definition) is 5. The predicted octanol–water partition coefficient (Wildman–Crippen LogP) is 6.72. The first-order chi connectivity index (χ1) is 17.0. The van der Waals surface area contributed by atoms with E-state index in [0.29, 0.717) is 12.2 Å². The Bertz CT molecular complexity index is 1040. The number of methoxy groups -OCH3 is 1. The van der Waals surface area contributed by atoms with Crippen molar-refractivity contribution in [1.29, 1.82) is 0 Å². The van der Waals surface area contributed by atoms with E-state index in [0.717, 1.165) is 34.6 Å². The highest BCUT2D eigenvalue weighted by Crippen LogP contribution is 2.62. The first-order valence-electron chi connectivity index (χ1n) is 12.9. The highest BCUT2D eigenvalue weighted by Gasteiger charge is 2.52. The molecular formula is C30H36O5. The van der Waals surface area contributed by atoms with Crippen molar-refractivity contribution < 1.29 is 23.7 Å². The van der Waals surface area contributed by atoms with Gasteiger partial charge in [0, 0.05) is 12.7 Å². The molecule has 4 saturated carbocycles. The van der Waals surface area contributed by atoms with Gasteiger partial charge in [0.25, 0.3) is 0 Å². The third-order valence-corrected chi connectivity index (χ3v) is 8.12. The van der Waals surface area contributed by atoms with Crippen molar-refractivity contribution in [2.45, 2.75) is 64.3 Å². The zero-order chi connectivity index (χ0) is 24.4. The second-order valence-corrected chi connectivity index (χ2v) is 10.6. The van der Waals surface area contributed by atoms with Crippen molar-refractivity contribution in [1.82, 2.24) is 0 Å². The molecule has 4 fully saturated rings. The van der Waals surface area contributed by atoms with Gasteiger partial charge in [0.2, 0.25) is 0 Å². The van der Waals surface area contributed by atoms with Gasteiger partial charge in [-0.15, -0.1) is 0 Å². The van der Waals surface area contributed by atoms with Crippen molar-refractivity contribution in [3.63, 3.8) is 0 Å². The molecule has 1 unspecified atom stereocenters. The monoisotopic (exact) mass is 476 g/mol. The van der Waals surface area contributed by atoms with E-state index < -0.39 is 6.48 Å². The van der Waals surface area contributed by atoms with Crippen LogP contribution in [0.4, 0.5) is 0 Å². The van der Waals surface area contributed by atoms with Gasteiger partial charge < -0.3 is 18.9 Å². The molecule has 2 aromatic rings. The second kappa shape index (κ2) is 10.2. The molecule has 186 valence electrons. The fourth-order valence-corrected chi connectivity index (χ4v) is 6.99. The van der Waals surface area contributed by atoms with Crippen LogP contribution in [0.5, 0.6) is 5.75 Å². The van der Waals surface area contributed by atoms with Gasteiger partial charge in [-0.1, -0.05) is 30.3 Å². The fraction of sp³-hybridized carbons (Fsp3) is 0.500. The van der Waals surface area contributed by atoms with E-state index in [1.807, 2.05) is 32.0 Å². The summed E-state index contributed by atoms with van der Waals surface area (Å²) in [6.45, 7) is 3.61. The molecule has 5 heteroatoms. The summed E-state index contributed by atoms with van der Waals surface area (Å²) in [4.78, 5) is 12.4. The Morgan fingerprint density at radius 3 is 2.26 bits per heavy atom. The van der Waals surface area contributed by atoms with Crippen LogP contribution >= 0.6 is 0 Å². The average molecular weight is 477 g/mol. The van der Waals surface area contributed by atoms with E-state index in [2.05, 4.69) is 18.2 Å². The van der Waals surface area contributed by atoms with Gasteiger partial charge in [-0.05, 0) is 105 Å². The van der Waals surface area contributed by atoms with Crippen LogP contribution in [0, 0.1) is 17.8 Å². The number of allylic oxidation sites excluding steroid dienone is 1. The Balaban J connectivity index is 1.44. The predicted molar refractivity (Wildman–Crippen MR) is 135 cm³/mol. The van der Waals surface area contributed by atoms with Crippen molar-refractivity contribution >= 4 is 11.5 Å². The molecule has 0 heterocycles. The van der Waals surface area contributed by atoms with Crippen molar-refractivity contribution in [3.05, 3.63) is 71.5 Å². The van der Waals surface area contributed by atoms with E-state index in [1.54, 1.807) is 19.2 Å². The standard InChI is InChI=1S/C30H36O5/c1-4-33-29(32-3)35-27-15-25(20(2)19-34-28(31)24-8-6-5-7-9-24)10-11-26(27)30-16-21-12-22(17-30)14-23(13-21)18-30/h5-11,15,19,21-23,29H,4,12-14,16-18H2,1-3H3. The number of ether oxygens (including phenoxy) is 4. The molecule has 0 aliphatic heterocycles. The first kappa shape index (κ1) is 24.1. The van der Waals surface area contributed by atoms with Gasteiger partial charge in [-0.25, -0.2) is 4.79 Å². The maximum Gasteiger partial charge on any atom is 0.342 e. The summed E-state index contributed by atoms with van der Waals surface area (Å²) >= 11 is 0. The summed E-state index contributed by atoms with van der Waals surface area (Å²) in [5.41, 5.74) is 3.76.